The Hall–Kier alpha value is -3.02. The first-order valence-electron chi connectivity index (χ1n) is 11.7. The number of nitrogens with zero attached hydrogens (tertiary/aromatic N) is 4. The lowest BCUT2D eigenvalue weighted by Gasteiger charge is -2.44. The highest BCUT2D eigenvalue weighted by atomic mass is 16.3. The van der Waals surface area contributed by atoms with E-state index in [0.717, 1.165) is 38.2 Å². The zero-order chi connectivity index (χ0) is 23.4. The lowest BCUT2D eigenvalue weighted by molar-refractivity contribution is -0.0103. The van der Waals surface area contributed by atoms with Crippen molar-refractivity contribution in [3.8, 4) is 5.75 Å². The van der Waals surface area contributed by atoms with E-state index in [1.807, 2.05) is 12.1 Å². The normalized spacial score (nSPS) is 15.5. The van der Waals surface area contributed by atoms with Crippen LogP contribution in [0.3, 0.4) is 0 Å². The Bertz CT molecular complexity index is 969. The number of hydrogen-bond donors (Lipinski definition) is 1. The van der Waals surface area contributed by atoms with Gasteiger partial charge in [-0.3, -0.25) is 9.80 Å². The molecule has 3 aromatic rings. The van der Waals surface area contributed by atoms with Crippen molar-refractivity contribution in [2.24, 2.45) is 0 Å². The fraction of sp³-hybridized carbons (Fsp3) is 0.357. The summed E-state index contributed by atoms with van der Waals surface area (Å²) in [5.74, 6) is 0.366. The predicted molar refractivity (Wildman–Crippen MR) is 138 cm³/mol. The van der Waals surface area contributed by atoms with Crippen molar-refractivity contribution >= 4 is 11.4 Å². The number of anilines is 2. The van der Waals surface area contributed by atoms with Crippen molar-refractivity contribution in [2.75, 3.05) is 51.1 Å². The summed E-state index contributed by atoms with van der Waals surface area (Å²) < 4.78 is 0. The van der Waals surface area contributed by atoms with Crippen molar-refractivity contribution in [2.45, 2.75) is 25.7 Å². The summed E-state index contributed by atoms with van der Waals surface area (Å²) in [4.78, 5) is 9.24. The van der Waals surface area contributed by atoms with Gasteiger partial charge < -0.3 is 14.9 Å². The molecule has 1 heterocycles. The fourth-order valence-corrected chi connectivity index (χ4v) is 4.65. The summed E-state index contributed by atoms with van der Waals surface area (Å²) in [7, 11) is 8.27. The van der Waals surface area contributed by atoms with E-state index in [1.165, 1.54) is 22.5 Å². The van der Waals surface area contributed by atoms with Crippen LogP contribution < -0.4 is 9.80 Å². The number of phenols is 1. The maximum atomic E-state index is 10.8. The molecule has 0 amide bonds. The molecule has 1 fully saturated rings. The maximum absolute atomic E-state index is 10.8. The maximum Gasteiger partial charge on any atom is 0.121 e. The number of hydrogen-bond acceptors (Lipinski definition) is 5. The minimum Gasteiger partial charge on any atom is -0.508 e. The van der Waals surface area contributed by atoms with Gasteiger partial charge >= 0.3 is 0 Å². The summed E-state index contributed by atoms with van der Waals surface area (Å²) in [6.45, 7) is 3.71. The molecular formula is C28H36N4O. The molecule has 1 N–H and O–H groups in total. The van der Waals surface area contributed by atoms with Crippen molar-refractivity contribution in [1.29, 1.82) is 0 Å². The zero-order valence-corrected chi connectivity index (χ0v) is 20.3. The Labute approximate surface area is 198 Å². The molecule has 0 bridgehead atoms. The van der Waals surface area contributed by atoms with Gasteiger partial charge in [-0.1, -0.05) is 42.5 Å². The molecular weight excluding hydrogens is 408 g/mol. The van der Waals surface area contributed by atoms with Crippen molar-refractivity contribution < 1.29 is 5.11 Å². The second-order valence-corrected chi connectivity index (χ2v) is 9.35. The second kappa shape index (κ2) is 10.3. The van der Waals surface area contributed by atoms with Gasteiger partial charge in [0.05, 0.1) is 6.17 Å². The fourth-order valence-electron chi connectivity index (χ4n) is 4.65. The molecule has 0 atom stereocenters. The second-order valence-electron chi connectivity index (χ2n) is 9.35. The van der Waals surface area contributed by atoms with E-state index in [0.29, 0.717) is 5.75 Å². The zero-order valence-electron chi connectivity index (χ0n) is 20.3. The Kier molecular flexibility index (Phi) is 7.21. The van der Waals surface area contributed by atoms with Crippen molar-refractivity contribution in [3.05, 3.63) is 89.5 Å². The van der Waals surface area contributed by atoms with Crippen molar-refractivity contribution in [3.63, 3.8) is 0 Å². The van der Waals surface area contributed by atoms with Crippen LogP contribution in [0.1, 0.15) is 29.3 Å². The number of rotatable bonds is 7. The van der Waals surface area contributed by atoms with Gasteiger partial charge in [-0.05, 0) is 47.9 Å². The molecule has 0 saturated carbocycles. The van der Waals surface area contributed by atoms with Gasteiger partial charge in [-0.25, -0.2) is 0 Å². The molecule has 0 radical (unpaired) electrons. The lowest BCUT2D eigenvalue weighted by Crippen LogP contribution is -2.46. The average molecular weight is 445 g/mol. The molecule has 0 spiro atoms. The predicted octanol–water partition coefficient (Wildman–Crippen LogP) is 4.93. The van der Waals surface area contributed by atoms with Gasteiger partial charge in [0.15, 0.2) is 0 Å². The largest absolute Gasteiger partial charge is 0.508 e. The molecule has 0 aliphatic carbocycles. The van der Waals surface area contributed by atoms with Gasteiger partial charge in [-0.2, -0.15) is 0 Å². The van der Waals surface area contributed by atoms with Crippen molar-refractivity contribution in [1.82, 2.24) is 9.80 Å². The highest BCUT2D eigenvalue weighted by Crippen LogP contribution is 2.36. The molecule has 5 heteroatoms. The summed E-state index contributed by atoms with van der Waals surface area (Å²) >= 11 is 0. The molecule has 5 nitrogen and oxygen atoms in total. The summed E-state index contributed by atoms with van der Waals surface area (Å²) in [6, 6.07) is 25.4. The van der Waals surface area contributed by atoms with Gasteiger partial charge in [0, 0.05) is 71.3 Å². The van der Waals surface area contributed by atoms with E-state index in [4.69, 9.17) is 0 Å². The minimum absolute atomic E-state index is 0.0296. The van der Waals surface area contributed by atoms with Gasteiger partial charge in [0.25, 0.3) is 0 Å². The minimum atomic E-state index is 0.0296. The van der Waals surface area contributed by atoms with Crippen LogP contribution in [-0.2, 0) is 13.1 Å². The van der Waals surface area contributed by atoms with Crippen LogP contribution in [0.2, 0.25) is 0 Å². The van der Waals surface area contributed by atoms with E-state index in [-0.39, 0.29) is 6.17 Å². The molecule has 174 valence electrons. The molecule has 1 aliphatic rings. The van der Waals surface area contributed by atoms with Crippen LogP contribution >= 0.6 is 0 Å². The highest BCUT2D eigenvalue weighted by Gasteiger charge is 2.32. The quantitative estimate of drug-likeness (QED) is 0.559. The molecule has 1 aliphatic heterocycles. The molecule has 33 heavy (non-hydrogen) atoms. The van der Waals surface area contributed by atoms with Crippen LogP contribution in [0.25, 0.3) is 0 Å². The van der Waals surface area contributed by atoms with E-state index in [2.05, 4.69) is 102 Å². The molecule has 0 unspecified atom stereocenters. The Balaban J connectivity index is 1.60. The number of phenolic OH excluding ortho intramolecular Hbond substituents is 1. The highest BCUT2D eigenvalue weighted by molar-refractivity contribution is 5.47. The smallest absolute Gasteiger partial charge is 0.121 e. The third kappa shape index (κ3) is 5.49. The van der Waals surface area contributed by atoms with Crippen LogP contribution in [-0.4, -0.2) is 56.2 Å². The van der Waals surface area contributed by atoms with Crippen LogP contribution in [0.4, 0.5) is 11.4 Å². The third-order valence-corrected chi connectivity index (χ3v) is 6.47. The van der Waals surface area contributed by atoms with E-state index < -0.39 is 0 Å². The van der Waals surface area contributed by atoms with Gasteiger partial charge in [-0.15, -0.1) is 0 Å². The van der Waals surface area contributed by atoms with E-state index >= 15 is 0 Å². The first-order chi connectivity index (χ1) is 15.9. The van der Waals surface area contributed by atoms with E-state index in [9.17, 15) is 5.11 Å². The summed E-state index contributed by atoms with van der Waals surface area (Å²) in [6.07, 6.45) is 1.14. The number of aromatic hydroxyl groups is 1. The summed E-state index contributed by atoms with van der Waals surface area (Å²) in [5.41, 5.74) is 5.97. The third-order valence-electron chi connectivity index (χ3n) is 6.47. The first-order valence-corrected chi connectivity index (χ1v) is 11.7. The SMILES string of the molecule is CN(C)c1ccc(CN2CCCN(Cc3ccc(N(C)C)cc3)C2c2ccccc2O)cc1. The van der Waals surface area contributed by atoms with E-state index in [1.54, 1.807) is 6.07 Å². The number of para-hydroxylation sites is 1. The number of benzene rings is 3. The Morgan fingerprint density at radius 3 is 1.58 bits per heavy atom. The van der Waals surface area contributed by atoms with Crippen LogP contribution in [0, 0.1) is 0 Å². The monoisotopic (exact) mass is 444 g/mol. The van der Waals surface area contributed by atoms with Crippen LogP contribution in [0.15, 0.2) is 72.8 Å². The average Bonchev–Trinajstić information content (AvgIpc) is 2.81. The Morgan fingerprint density at radius 1 is 0.697 bits per heavy atom. The molecule has 1 saturated heterocycles. The lowest BCUT2D eigenvalue weighted by atomic mass is 10.0. The standard InChI is InChI=1S/C28H36N4O/c1-29(2)24-14-10-22(11-15-24)20-31-18-7-19-32(28(31)26-8-5-6-9-27(26)33)21-23-12-16-25(17-13-23)30(3)4/h5-6,8-17,28,33H,7,18-21H2,1-4H3. The molecule has 3 aromatic carbocycles. The first kappa shape index (κ1) is 23.1. The Morgan fingerprint density at radius 2 is 1.15 bits per heavy atom. The van der Waals surface area contributed by atoms with Crippen LogP contribution in [0.5, 0.6) is 5.75 Å². The topological polar surface area (TPSA) is 33.2 Å². The summed E-state index contributed by atoms with van der Waals surface area (Å²) in [5, 5.41) is 10.8. The molecule has 0 aromatic heterocycles. The van der Waals surface area contributed by atoms with Gasteiger partial charge in [0.1, 0.15) is 5.75 Å². The van der Waals surface area contributed by atoms with Gasteiger partial charge in [0.2, 0.25) is 0 Å². The molecule has 4 rings (SSSR count).